The Balaban J connectivity index is 1.95. The van der Waals surface area contributed by atoms with Crippen LogP contribution >= 0.6 is 0 Å². The van der Waals surface area contributed by atoms with E-state index in [1.165, 1.54) is 11.1 Å². The first-order chi connectivity index (χ1) is 9.74. The van der Waals surface area contributed by atoms with Crippen LogP contribution in [0.2, 0.25) is 0 Å². The number of methoxy groups -OCH3 is 1. The third-order valence-corrected chi connectivity index (χ3v) is 4.26. The van der Waals surface area contributed by atoms with Crippen molar-refractivity contribution < 1.29 is 4.74 Å². The van der Waals surface area contributed by atoms with Gasteiger partial charge in [0.15, 0.2) is 0 Å². The Morgan fingerprint density at radius 3 is 3.05 bits per heavy atom. The summed E-state index contributed by atoms with van der Waals surface area (Å²) in [6, 6.07) is 6.53. The summed E-state index contributed by atoms with van der Waals surface area (Å²) < 4.78 is 7.54. The Morgan fingerprint density at radius 1 is 1.45 bits per heavy atom. The van der Waals surface area contributed by atoms with Crippen LogP contribution in [0.25, 0.3) is 0 Å². The molecule has 0 fully saturated rings. The molecule has 3 rings (SSSR count). The average Bonchev–Trinajstić information content (AvgIpc) is 2.95. The predicted molar refractivity (Wildman–Crippen MR) is 78.9 cm³/mol. The number of nitrogens with two attached hydrogens (primary N) is 1. The van der Waals surface area contributed by atoms with Gasteiger partial charge in [0.05, 0.1) is 19.2 Å². The number of aryl methyl sites for hydroxylation is 2. The van der Waals surface area contributed by atoms with Crippen molar-refractivity contribution in [1.29, 1.82) is 0 Å². The standard InChI is InChI=1S/C16H21N3O/c1-3-15-18-8-9-19(15)14-7-4-11-10-12(20-2)5-6-13(11)16(14)17/h5-6,8-10,14,16H,3-4,7,17H2,1-2H3. The molecular weight excluding hydrogens is 250 g/mol. The minimum Gasteiger partial charge on any atom is -0.497 e. The number of hydrogen-bond acceptors (Lipinski definition) is 3. The fraction of sp³-hybridized carbons (Fsp3) is 0.438. The number of fused-ring (bicyclic) bond motifs is 1. The van der Waals surface area contributed by atoms with Gasteiger partial charge in [0.2, 0.25) is 0 Å². The number of benzene rings is 1. The number of ether oxygens (including phenoxy) is 1. The summed E-state index contributed by atoms with van der Waals surface area (Å²) in [6.07, 6.45) is 6.94. The van der Waals surface area contributed by atoms with Gasteiger partial charge < -0.3 is 15.0 Å². The lowest BCUT2D eigenvalue weighted by molar-refractivity contribution is 0.359. The summed E-state index contributed by atoms with van der Waals surface area (Å²) >= 11 is 0. The van der Waals surface area contributed by atoms with Crippen molar-refractivity contribution in [2.24, 2.45) is 5.73 Å². The first-order valence-corrected chi connectivity index (χ1v) is 7.18. The molecule has 1 aromatic heterocycles. The first kappa shape index (κ1) is 13.2. The molecule has 2 N–H and O–H groups in total. The van der Waals surface area contributed by atoms with Crippen LogP contribution in [0.4, 0.5) is 0 Å². The van der Waals surface area contributed by atoms with E-state index in [-0.39, 0.29) is 6.04 Å². The van der Waals surface area contributed by atoms with Crippen molar-refractivity contribution in [3.8, 4) is 5.75 Å². The van der Waals surface area contributed by atoms with E-state index in [2.05, 4.69) is 34.8 Å². The fourth-order valence-electron chi connectivity index (χ4n) is 3.17. The number of rotatable bonds is 3. The van der Waals surface area contributed by atoms with E-state index in [4.69, 9.17) is 10.5 Å². The Bertz CT molecular complexity index is 606. The van der Waals surface area contributed by atoms with Crippen LogP contribution in [0.3, 0.4) is 0 Å². The molecule has 4 heteroatoms. The largest absolute Gasteiger partial charge is 0.497 e. The number of hydrogen-bond donors (Lipinski definition) is 1. The second-order valence-corrected chi connectivity index (χ2v) is 5.30. The number of aromatic nitrogens is 2. The molecular formula is C16H21N3O. The molecule has 1 aliphatic rings. The molecule has 0 saturated carbocycles. The van der Waals surface area contributed by atoms with E-state index >= 15 is 0 Å². The van der Waals surface area contributed by atoms with Crippen LogP contribution in [0.15, 0.2) is 30.6 Å². The molecule has 1 aromatic carbocycles. The summed E-state index contributed by atoms with van der Waals surface area (Å²) in [7, 11) is 1.70. The zero-order valence-electron chi connectivity index (χ0n) is 12.0. The van der Waals surface area contributed by atoms with Crippen LogP contribution in [0.1, 0.15) is 42.4 Å². The second-order valence-electron chi connectivity index (χ2n) is 5.30. The lowest BCUT2D eigenvalue weighted by Crippen LogP contribution is -2.30. The summed E-state index contributed by atoms with van der Waals surface area (Å²) in [5.74, 6) is 2.02. The van der Waals surface area contributed by atoms with Gasteiger partial charge in [-0.15, -0.1) is 0 Å². The first-order valence-electron chi connectivity index (χ1n) is 7.18. The van der Waals surface area contributed by atoms with Crippen molar-refractivity contribution in [3.63, 3.8) is 0 Å². The van der Waals surface area contributed by atoms with Crippen LogP contribution < -0.4 is 10.5 Å². The molecule has 2 aromatic rings. The van der Waals surface area contributed by atoms with Gasteiger partial charge in [-0.25, -0.2) is 4.98 Å². The quantitative estimate of drug-likeness (QED) is 0.933. The third kappa shape index (κ3) is 2.10. The van der Waals surface area contributed by atoms with Gasteiger partial charge in [0.25, 0.3) is 0 Å². The Morgan fingerprint density at radius 2 is 2.30 bits per heavy atom. The van der Waals surface area contributed by atoms with E-state index in [1.807, 2.05) is 12.3 Å². The molecule has 2 atom stereocenters. The van der Waals surface area contributed by atoms with Gasteiger partial charge in [0.1, 0.15) is 11.6 Å². The van der Waals surface area contributed by atoms with Gasteiger partial charge in [-0.3, -0.25) is 0 Å². The van der Waals surface area contributed by atoms with Crippen LogP contribution in [-0.2, 0) is 12.8 Å². The zero-order valence-corrected chi connectivity index (χ0v) is 12.0. The maximum Gasteiger partial charge on any atom is 0.119 e. The molecule has 0 saturated heterocycles. The lowest BCUT2D eigenvalue weighted by atomic mass is 9.84. The van der Waals surface area contributed by atoms with Crippen molar-refractivity contribution in [2.75, 3.05) is 7.11 Å². The Hall–Kier alpha value is -1.81. The molecule has 20 heavy (non-hydrogen) atoms. The van der Waals surface area contributed by atoms with Crippen molar-refractivity contribution in [3.05, 3.63) is 47.5 Å². The summed E-state index contributed by atoms with van der Waals surface area (Å²) in [6.45, 7) is 2.13. The van der Waals surface area contributed by atoms with Crippen molar-refractivity contribution >= 4 is 0 Å². The van der Waals surface area contributed by atoms with E-state index in [9.17, 15) is 0 Å². The van der Waals surface area contributed by atoms with E-state index in [1.54, 1.807) is 7.11 Å². The van der Waals surface area contributed by atoms with E-state index in [0.717, 1.165) is 30.8 Å². The zero-order chi connectivity index (χ0) is 14.1. The molecule has 0 bridgehead atoms. The number of imidazole rings is 1. The van der Waals surface area contributed by atoms with Crippen LogP contribution in [-0.4, -0.2) is 16.7 Å². The molecule has 4 nitrogen and oxygen atoms in total. The highest BCUT2D eigenvalue weighted by atomic mass is 16.5. The van der Waals surface area contributed by atoms with Crippen LogP contribution in [0.5, 0.6) is 5.75 Å². The minimum absolute atomic E-state index is 0.0177. The molecule has 0 spiro atoms. The molecule has 1 aliphatic carbocycles. The average molecular weight is 271 g/mol. The van der Waals surface area contributed by atoms with Gasteiger partial charge in [-0.1, -0.05) is 13.0 Å². The topological polar surface area (TPSA) is 53.1 Å². The number of nitrogens with zero attached hydrogens (tertiary/aromatic N) is 2. The van der Waals surface area contributed by atoms with Gasteiger partial charge >= 0.3 is 0 Å². The summed E-state index contributed by atoms with van der Waals surface area (Å²) in [5, 5.41) is 0. The van der Waals surface area contributed by atoms with Gasteiger partial charge in [0, 0.05) is 18.8 Å². The molecule has 2 unspecified atom stereocenters. The molecule has 106 valence electrons. The van der Waals surface area contributed by atoms with E-state index < -0.39 is 0 Å². The molecule has 1 heterocycles. The van der Waals surface area contributed by atoms with Gasteiger partial charge in [-0.05, 0) is 36.1 Å². The Kier molecular flexibility index (Phi) is 3.49. The highest BCUT2D eigenvalue weighted by Gasteiger charge is 2.29. The third-order valence-electron chi connectivity index (χ3n) is 4.26. The minimum atomic E-state index is 0.0177. The van der Waals surface area contributed by atoms with E-state index in [0.29, 0.717) is 6.04 Å². The maximum atomic E-state index is 6.51. The molecule has 0 radical (unpaired) electrons. The monoisotopic (exact) mass is 271 g/mol. The highest BCUT2D eigenvalue weighted by Crippen LogP contribution is 2.37. The summed E-state index contributed by atoms with van der Waals surface area (Å²) in [4.78, 5) is 4.42. The van der Waals surface area contributed by atoms with Gasteiger partial charge in [-0.2, -0.15) is 0 Å². The lowest BCUT2D eigenvalue weighted by Gasteiger charge is -2.33. The second kappa shape index (κ2) is 5.29. The van der Waals surface area contributed by atoms with Crippen molar-refractivity contribution in [2.45, 2.75) is 38.3 Å². The smallest absolute Gasteiger partial charge is 0.119 e. The van der Waals surface area contributed by atoms with Crippen LogP contribution in [0, 0.1) is 0 Å². The predicted octanol–water partition coefficient (Wildman–Crippen LogP) is 2.64. The normalized spacial score (nSPS) is 21.6. The van der Waals surface area contributed by atoms with Crippen molar-refractivity contribution in [1.82, 2.24) is 9.55 Å². The fourth-order valence-corrected chi connectivity index (χ4v) is 3.17. The maximum absolute atomic E-state index is 6.51. The molecule has 0 aliphatic heterocycles. The Labute approximate surface area is 119 Å². The SMILES string of the molecule is CCc1nccn1C1CCc2cc(OC)ccc2C1N. The molecule has 0 amide bonds. The summed E-state index contributed by atoms with van der Waals surface area (Å²) in [5.41, 5.74) is 9.05. The highest BCUT2D eigenvalue weighted by molar-refractivity contribution is 5.39.